The minimum Gasteiger partial charge on any atom is -0.246 e. The van der Waals surface area contributed by atoms with Crippen molar-refractivity contribution in [1.82, 2.24) is 4.98 Å². The van der Waals surface area contributed by atoms with Crippen molar-refractivity contribution in [3.8, 4) is 17.2 Å². The van der Waals surface area contributed by atoms with Crippen LogP contribution in [0.25, 0.3) is 11.1 Å². The molecule has 1 heterocycles. The molecule has 1 aromatic carbocycles. The van der Waals surface area contributed by atoms with Gasteiger partial charge in [0.05, 0.1) is 5.02 Å². The van der Waals surface area contributed by atoms with E-state index in [9.17, 15) is 4.39 Å². The van der Waals surface area contributed by atoms with Gasteiger partial charge in [-0.3, -0.25) is 0 Å². The van der Waals surface area contributed by atoms with Gasteiger partial charge < -0.3 is 0 Å². The summed E-state index contributed by atoms with van der Waals surface area (Å²) in [5.41, 5.74) is 1.20. The van der Waals surface area contributed by atoms with Gasteiger partial charge in [0, 0.05) is 11.8 Å². The van der Waals surface area contributed by atoms with Crippen molar-refractivity contribution in [3.63, 3.8) is 0 Å². The lowest BCUT2D eigenvalue weighted by atomic mass is 10.1. The van der Waals surface area contributed by atoms with Crippen LogP contribution in [-0.4, -0.2) is 4.98 Å². The second-order valence-electron chi connectivity index (χ2n) is 3.14. The normalized spacial score (nSPS) is 9.81. The highest BCUT2D eigenvalue weighted by Crippen LogP contribution is 2.27. The fourth-order valence-corrected chi connectivity index (χ4v) is 1.56. The predicted octanol–water partition coefficient (Wildman–Crippen LogP) is 3.41. The molecule has 16 heavy (non-hydrogen) atoms. The van der Waals surface area contributed by atoms with Crippen molar-refractivity contribution < 1.29 is 4.39 Å². The van der Waals surface area contributed by atoms with Crippen LogP contribution in [0.4, 0.5) is 4.39 Å². The van der Waals surface area contributed by atoms with Gasteiger partial charge in [0.2, 0.25) is 0 Å². The zero-order chi connectivity index (χ0) is 11.5. The Kier molecular flexibility index (Phi) is 2.84. The summed E-state index contributed by atoms with van der Waals surface area (Å²) in [6.45, 7) is 0. The highest BCUT2D eigenvalue weighted by molar-refractivity contribution is 6.31. The number of halogens is 2. The molecule has 0 bridgehead atoms. The van der Waals surface area contributed by atoms with Crippen LogP contribution < -0.4 is 0 Å². The Bertz CT molecular complexity index is 575. The number of benzene rings is 1. The predicted molar refractivity (Wildman–Crippen MR) is 59.4 cm³/mol. The van der Waals surface area contributed by atoms with Crippen molar-refractivity contribution in [1.29, 1.82) is 5.26 Å². The summed E-state index contributed by atoms with van der Waals surface area (Å²) < 4.78 is 13.7. The van der Waals surface area contributed by atoms with Crippen LogP contribution in [0.15, 0.2) is 36.5 Å². The van der Waals surface area contributed by atoms with Crippen LogP contribution in [0.5, 0.6) is 0 Å². The Morgan fingerprint density at radius 2 is 2.12 bits per heavy atom. The molecular formula is C12H6ClFN2. The molecule has 2 aromatic rings. The average molecular weight is 233 g/mol. The molecule has 0 saturated carbocycles. The Balaban J connectivity index is 2.59. The maximum atomic E-state index is 13.7. The van der Waals surface area contributed by atoms with Gasteiger partial charge in [0.1, 0.15) is 17.6 Å². The van der Waals surface area contributed by atoms with E-state index in [-0.39, 0.29) is 10.7 Å². The first-order valence-electron chi connectivity index (χ1n) is 4.53. The quantitative estimate of drug-likeness (QED) is 0.756. The van der Waals surface area contributed by atoms with Crippen LogP contribution in [0, 0.1) is 17.1 Å². The van der Waals surface area contributed by atoms with Gasteiger partial charge in [0.15, 0.2) is 0 Å². The maximum Gasteiger partial charge on any atom is 0.149 e. The first-order valence-corrected chi connectivity index (χ1v) is 4.90. The van der Waals surface area contributed by atoms with Gasteiger partial charge in [-0.25, -0.2) is 9.37 Å². The monoisotopic (exact) mass is 232 g/mol. The van der Waals surface area contributed by atoms with Crippen molar-refractivity contribution in [2.75, 3.05) is 0 Å². The van der Waals surface area contributed by atoms with E-state index in [1.165, 1.54) is 18.3 Å². The number of rotatable bonds is 1. The van der Waals surface area contributed by atoms with E-state index >= 15 is 0 Å². The van der Waals surface area contributed by atoms with Crippen molar-refractivity contribution >= 4 is 11.6 Å². The summed E-state index contributed by atoms with van der Waals surface area (Å²) in [5.74, 6) is -0.487. The zero-order valence-corrected chi connectivity index (χ0v) is 8.87. The summed E-state index contributed by atoms with van der Waals surface area (Å²) in [4.78, 5) is 3.82. The second kappa shape index (κ2) is 4.30. The third kappa shape index (κ3) is 1.88. The Labute approximate surface area is 96.9 Å². The number of nitrogens with zero attached hydrogens (tertiary/aromatic N) is 2. The third-order valence-electron chi connectivity index (χ3n) is 2.14. The fraction of sp³-hybridized carbons (Fsp3) is 0. The van der Waals surface area contributed by atoms with E-state index in [4.69, 9.17) is 16.9 Å². The molecule has 78 valence electrons. The number of aromatic nitrogens is 1. The van der Waals surface area contributed by atoms with E-state index in [2.05, 4.69) is 4.98 Å². The molecular weight excluding hydrogens is 227 g/mol. The summed E-state index contributed by atoms with van der Waals surface area (Å²) in [7, 11) is 0. The SMILES string of the molecule is N#Cc1cc(-c2cccc(Cl)c2F)ccn1. The molecule has 4 heteroatoms. The number of pyridine rings is 1. The summed E-state index contributed by atoms with van der Waals surface area (Å²) in [6, 6.07) is 9.81. The third-order valence-corrected chi connectivity index (χ3v) is 2.43. The molecule has 0 aliphatic rings. The van der Waals surface area contributed by atoms with Gasteiger partial charge in [-0.2, -0.15) is 5.26 Å². The van der Waals surface area contributed by atoms with Gasteiger partial charge in [-0.05, 0) is 23.8 Å². The van der Waals surface area contributed by atoms with Crippen LogP contribution in [0.1, 0.15) is 5.69 Å². The van der Waals surface area contributed by atoms with E-state index in [1.54, 1.807) is 18.2 Å². The standard InChI is InChI=1S/C12H6ClFN2/c13-11-3-1-2-10(12(11)14)8-4-5-16-9(6-8)7-15/h1-6H. The highest BCUT2D eigenvalue weighted by Gasteiger charge is 2.08. The molecule has 0 unspecified atom stereocenters. The van der Waals surface area contributed by atoms with Gasteiger partial charge >= 0.3 is 0 Å². The van der Waals surface area contributed by atoms with Crippen LogP contribution in [0.2, 0.25) is 5.02 Å². The van der Waals surface area contributed by atoms with Gasteiger partial charge in [-0.15, -0.1) is 0 Å². The second-order valence-corrected chi connectivity index (χ2v) is 3.55. The summed E-state index contributed by atoms with van der Waals surface area (Å²) in [5, 5.41) is 8.76. The number of nitriles is 1. The van der Waals surface area contributed by atoms with Crippen molar-refractivity contribution in [2.24, 2.45) is 0 Å². The first-order chi connectivity index (χ1) is 7.72. The lowest BCUT2D eigenvalue weighted by Crippen LogP contribution is -1.88. The summed E-state index contributed by atoms with van der Waals surface area (Å²) >= 11 is 5.68. The molecule has 0 aliphatic heterocycles. The van der Waals surface area contributed by atoms with Crippen molar-refractivity contribution in [2.45, 2.75) is 0 Å². The zero-order valence-electron chi connectivity index (χ0n) is 8.11. The van der Waals surface area contributed by atoms with E-state index in [1.807, 2.05) is 6.07 Å². The Morgan fingerprint density at radius 1 is 1.31 bits per heavy atom. The smallest absolute Gasteiger partial charge is 0.149 e. The van der Waals surface area contributed by atoms with E-state index in [0.717, 1.165) is 0 Å². The largest absolute Gasteiger partial charge is 0.246 e. The topological polar surface area (TPSA) is 36.7 Å². The molecule has 0 spiro atoms. The minimum atomic E-state index is -0.487. The van der Waals surface area contributed by atoms with Crippen LogP contribution >= 0.6 is 11.6 Å². The van der Waals surface area contributed by atoms with Gasteiger partial charge in [0.25, 0.3) is 0 Å². The molecule has 0 atom stereocenters. The van der Waals surface area contributed by atoms with Crippen molar-refractivity contribution in [3.05, 3.63) is 53.1 Å². The number of hydrogen-bond donors (Lipinski definition) is 0. The fourth-order valence-electron chi connectivity index (χ4n) is 1.39. The summed E-state index contributed by atoms with van der Waals surface area (Å²) in [6.07, 6.45) is 1.47. The molecule has 0 fully saturated rings. The molecule has 0 amide bonds. The molecule has 2 rings (SSSR count). The Morgan fingerprint density at radius 3 is 2.88 bits per heavy atom. The van der Waals surface area contributed by atoms with E-state index in [0.29, 0.717) is 11.1 Å². The van der Waals surface area contributed by atoms with Crippen LogP contribution in [-0.2, 0) is 0 Å². The molecule has 0 saturated heterocycles. The first kappa shape index (κ1) is 10.6. The molecule has 0 radical (unpaired) electrons. The molecule has 0 N–H and O–H groups in total. The Hall–Kier alpha value is -1.92. The molecule has 1 aromatic heterocycles. The highest BCUT2D eigenvalue weighted by atomic mass is 35.5. The molecule has 0 aliphatic carbocycles. The minimum absolute atomic E-state index is 0.0628. The van der Waals surface area contributed by atoms with E-state index < -0.39 is 5.82 Å². The van der Waals surface area contributed by atoms with Gasteiger partial charge in [-0.1, -0.05) is 23.7 Å². The lowest BCUT2D eigenvalue weighted by molar-refractivity contribution is 0.632. The number of hydrogen-bond acceptors (Lipinski definition) is 2. The lowest BCUT2D eigenvalue weighted by Gasteiger charge is -2.04. The maximum absolute atomic E-state index is 13.7. The van der Waals surface area contributed by atoms with Crippen LogP contribution in [0.3, 0.4) is 0 Å². The molecule has 2 nitrogen and oxygen atoms in total. The average Bonchev–Trinajstić information content (AvgIpc) is 2.33.